The molecule has 2 aromatic rings. The van der Waals surface area contributed by atoms with Gasteiger partial charge in [-0.05, 0) is 58.8 Å². The quantitative estimate of drug-likeness (QED) is 0.364. The van der Waals surface area contributed by atoms with Gasteiger partial charge in [0.15, 0.2) is 5.96 Å². The van der Waals surface area contributed by atoms with E-state index < -0.39 is 0 Å². The van der Waals surface area contributed by atoms with E-state index in [1.165, 1.54) is 37.9 Å². The minimum absolute atomic E-state index is 0. The average Bonchev–Trinajstić information content (AvgIpc) is 3.00. The molecule has 2 N–H and O–H groups in total. The predicted molar refractivity (Wildman–Crippen MR) is 129 cm³/mol. The lowest BCUT2D eigenvalue weighted by Crippen LogP contribution is -2.55. The summed E-state index contributed by atoms with van der Waals surface area (Å²) in [5, 5.41) is 6.96. The number of guanidine groups is 1. The lowest BCUT2D eigenvalue weighted by molar-refractivity contribution is 0.0982. The highest BCUT2D eigenvalue weighted by Gasteiger charge is 2.27. The van der Waals surface area contributed by atoms with Gasteiger partial charge in [0.1, 0.15) is 5.82 Å². The Balaban J connectivity index is 0.00000280. The summed E-state index contributed by atoms with van der Waals surface area (Å²) in [6.45, 7) is 11.7. The summed E-state index contributed by atoms with van der Waals surface area (Å²) in [6.07, 6.45) is 3.99. The molecule has 1 aromatic carbocycles. The summed E-state index contributed by atoms with van der Waals surface area (Å²) < 4.78 is 2.26. The van der Waals surface area contributed by atoms with Gasteiger partial charge in [-0.25, -0.2) is 4.98 Å². The Labute approximate surface area is 186 Å². The first-order chi connectivity index (χ1) is 13.0. The van der Waals surface area contributed by atoms with Gasteiger partial charge in [0.05, 0.1) is 11.0 Å². The van der Waals surface area contributed by atoms with Gasteiger partial charge in [-0.15, -0.1) is 24.0 Å². The van der Waals surface area contributed by atoms with E-state index in [2.05, 4.69) is 69.0 Å². The van der Waals surface area contributed by atoms with Crippen molar-refractivity contribution in [1.29, 1.82) is 0 Å². The number of piperidine rings is 1. The van der Waals surface area contributed by atoms with Crippen LogP contribution in [0.2, 0.25) is 0 Å². The molecular weight excluding hydrogens is 463 g/mol. The number of rotatable bonds is 6. The molecule has 0 amide bonds. The van der Waals surface area contributed by atoms with Crippen molar-refractivity contribution in [3.8, 4) is 0 Å². The third-order valence-electron chi connectivity index (χ3n) is 5.60. The number of likely N-dealkylation sites (tertiary alicyclic amines) is 1. The molecule has 0 atom stereocenters. The highest BCUT2D eigenvalue weighted by Crippen LogP contribution is 2.19. The Bertz CT molecular complexity index is 776. The van der Waals surface area contributed by atoms with Crippen molar-refractivity contribution in [2.45, 2.75) is 52.1 Å². The SMILES string of the molecule is CN=C(NCCn1c(C)nc2ccccc21)NCC(C)(C)N1CCCCC1.I. The molecule has 0 aliphatic carbocycles. The van der Waals surface area contributed by atoms with E-state index in [-0.39, 0.29) is 29.5 Å². The zero-order valence-corrected chi connectivity index (χ0v) is 20.0. The molecule has 3 rings (SSSR count). The third-order valence-corrected chi connectivity index (χ3v) is 5.60. The fraction of sp³-hybridized carbons (Fsp3) is 0.619. The minimum Gasteiger partial charge on any atom is -0.355 e. The molecule has 6 nitrogen and oxygen atoms in total. The molecule has 156 valence electrons. The van der Waals surface area contributed by atoms with Gasteiger partial charge < -0.3 is 15.2 Å². The number of nitrogens with zero attached hydrogens (tertiary/aromatic N) is 4. The van der Waals surface area contributed by atoms with E-state index in [1.807, 2.05) is 13.1 Å². The highest BCUT2D eigenvalue weighted by atomic mass is 127. The van der Waals surface area contributed by atoms with Crippen LogP contribution in [0.1, 0.15) is 38.9 Å². The van der Waals surface area contributed by atoms with Gasteiger partial charge in [0.25, 0.3) is 0 Å². The zero-order chi connectivity index (χ0) is 19.3. The number of nitrogens with one attached hydrogen (secondary N) is 2. The van der Waals surface area contributed by atoms with Crippen LogP contribution in [0.3, 0.4) is 0 Å². The number of fused-ring (bicyclic) bond motifs is 1. The standard InChI is InChI=1S/C21H34N6.HI/c1-17-25-18-10-6-7-11-19(18)27(17)15-12-23-20(22-4)24-16-21(2,3)26-13-8-5-9-14-26;/h6-7,10-11H,5,8-9,12-16H2,1-4H3,(H2,22,23,24);1H. The first-order valence-corrected chi connectivity index (χ1v) is 10.1. The van der Waals surface area contributed by atoms with Crippen LogP contribution in [0.25, 0.3) is 11.0 Å². The molecule has 0 spiro atoms. The number of aliphatic imine (C=N–C) groups is 1. The van der Waals surface area contributed by atoms with Crippen molar-refractivity contribution in [3.63, 3.8) is 0 Å². The highest BCUT2D eigenvalue weighted by molar-refractivity contribution is 14.0. The molecule has 1 aliphatic rings. The molecule has 2 heterocycles. The minimum atomic E-state index is 0. The topological polar surface area (TPSA) is 57.5 Å². The lowest BCUT2D eigenvalue weighted by atomic mass is 9.98. The fourth-order valence-corrected chi connectivity index (χ4v) is 3.90. The normalized spacial score (nSPS) is 16.1. The summed E-state index contributed by atoms with van der Waals surface area (Å²) in [6, 6.07) is 8.29. The average molecular weight is 498 g/mol. The first kappa shape index (κ1) is 22.9. The zero-order valence-electron chi connectivity index (χ0n) is 17.7. The van der Waals surface area contributed by atoms with E-state index in [0.717, 1.165) is 36.9 Å². The van der Waals surface area contributed by atoms with Crippen LogP contribution in [0.4, 0.5) is 0 Å². The molecule has 0 saturated carbocycles. The van der Waals surface area contributed by atoms with Crippen molar-refractivity contribution in [2.24, 2.45) is 4.99 Å². The van der Waals surface area contributed by atoms with Crippen molar-refractivity contribution < 1.29 is 0 Å². The maximum absolute atomic E-state index is 4.64. The van der Waals surface area contributed by atoms with Crippen LogP contribution in [0, 0.1) is 6.92 Å². The van der Waals surface area contributed by atoms with Crippen LogP contribution in [0.5, 0.6) is 0 Å². The maximum Gasteiger partial charge on any atom is 0.191 e. The Kier molecular flexibility index (Phi) is 8.55. The van der Waals surface area contributed by atoms with Gasteiger partial charge in [0.2, 0.25) is 0 Å². The van der Waals surface area contributed by atoms with E-state index in [4.69, 9.17) is 0 Å². The third kappa shape index (κ3) is 5.59. The Morgan fingerprint density at radius 3 is 2.57 bits per heavy atom. The van der Waals surface area contributed by atoms with Crippen LogP contribution in [-0.2, 0) is 6.54 Å². The van der Waals surface area contributed by atoms with Gasteiger partial charge in [-0.3, -0.25) is 9.89 Å². The molecule has 1 aromatic heterocycles. The molecule has 0 bridgehead atoms. The van der Waals surface area contributed by atoms with Crippen molar-refractivity contribution >= 4 is 41.0 Å². The smallest absolute Gasteiger partial charge is 0.191 e. The fourth-order valence-electron chi connectivity index (χ4n) is 3.90. The number of imidazole rings is 1. The van der Waals surface area contributed by atoms with Crippen LogP contribution in [-0.4, -0.2) is 59.2 Å². The molecular formula is C21H35IN6. The summed E-state index contributed by atoms with van der Waals surface area (Å²) in [4.78, 5) is 11.6. The second kappa shape index (κ2) is 10.4. The molecule has 28 heavy (non-hydrogen) atoms. The van der Waals surface area contributed by atoms with Crippen molar-refractivity contribution in [3.05, 3.63) is 30.1 Å². The number of benzene rings is 1. The number of aryl methyl sites for hydroxylation is 1. The van der Waals surface area contributed by atoms with E-state index >= 15 is 0 Å². The predicted octanol–water partition coefficient (Wildman–Crippen LogP) is 3.39. The van der Waals surface area contributed by atoms with Crippen molar-refractivity contribution in [1.82, 2.24) is 25.1 Å². The molecule has 0 unspecified atom stereocenters. The Hall–Kier alpha value is -1.35. The lowest BCUT2D eigenvalue weighted by Gasteiger charge is -2.41. The Morgan fingerprint density at radius 1 is 1.14 bits per heavy atom. The molecule has 1 fully saturated rings. The van der Waals surface area contributed by atoms with Crippen LogP contribution >= 0.6 is 24.0 Å². The monoisotopic (exact) mass is 498 g/mol. The first-order valence-electron chi connectivity index (χ1n) is 10.1. The summed E-state index contributed by atoms with van der Waals surface area (Å²) in [5.74, 6) is 1.91. The van der Waals surface area contributed by atoms with E-state index in [9.17, 15) is 0 Å². The second-order valence-corrected chi connectivity index (χ2v) is 8.01. The van der Waals surface area contributed by atoms with Gasteiger partial charge in [-0.2, -0.15) is 0 Å². The second-order valence-electron chi connectivity index (χ2n) is 8.01. The molecule has 1 saturated heterocycles. The number of para-hydroxylation sites is 2. The number of halogens is 1. The molecule has 0 radical (unpaired) electrons. The number of hydrogen-bond donors (Lipinski definition) is 2. The summed E-state index contributed by atoms with van der Waals surface area (Å²) >= 11 is 0. The number of aromatic nitrogens is 2. The largest absolute Gasteiger partial charge is 0.355 e. The number of hydrogen-bond acceptors (Lipinski definition) is 3. The molecule has 7 heteroatoms. The van der Waals surface area contributed by atoms with Crippen LogP contribution in [0.15, 0.2) is 29.3 Å². The Morgan fingerprint density at radius 2 is 1.86 bits per heavy atom. The van der Waals surface area contributed by atoms with E-state index in [0.29, 0.717) is 0 Å². The summed E-state index contributed by atoms with van der Waals surface area (Å²) in [5.41, 5.74) is 2.38. The van der Waals surface area contributed by atoms with Gasteiger partial charge in [0, 0.05) is 32.2 Å². The van der Waals surface area contributed by atoms with Gasteiger partial charge >= 0.3 is 0 Å². The maximum atomic E-state index is 4.64. The van der Waals surface area contributed by atoms with Crippen LogP contribution < -0.4 is 10.6 Å². The summed E-state index contributed by atoms with van der Waals surface area (Å²) in [7, 11) is 1.83. The molecule has 1 aliphatic heterocycles. The van der Waals surface area contributed by atoms with Crippen molar-refractivity contribution in [2.75, 3.05) is 33.2 Å². The van der Waals surface area contributed by atoms with E-state index in [1.54, 1.807) is 0 Å². The van der Waals surface area contributed by atoms with Gasteiger partial charge in [-0.1, -0.05) is 18.6 Å².